The molecule has 1 atom stereocenters. The molecule has 7 heteroatoms. The summed E-state index contributed by atoms with van der Waals surface area (Å²) in [5.41, 5.74) is 2.75. The van der Waals surface area contributed by atoms with E-state index in [1.54, 1.807) is 4.90 Å². The van der Waals surface area contributed by atoms with E-state index in [-0.39, 0.29) is 11.2 Å². The Morgan fingerprint density at radius 1 is 1.14 bits per heavy atom. The molecule has 4 rings (SSSR count). The molecular formula is C21H20N4O2S. The Morgan fingerprint density at radius 2 is 1.89 bits per heavy atom. The van der Waals surface area contributed by atoms with Crippen LogP contribution in [0, 0.1) is 0 Å². The number of carbonyl (C=O) groups is 1. The van der Waals surface area contributed by atoms with Gasteiger partial charge >= 0.3 is 0 Å². The van der Waals surface area contributed by atoms with E-state index in [1.807, 2.05) is 74.6 Å². The summed E-state index contributed by atoms with van der Waals surface area (Å²) in [7, 11) is 0. The summed E-state index contributed by atoms with van der Waals surface area (Å²) in [6.07, 6.45) is 1.86. The normalized spacial score (nSPS) is 12.2. The number of anilines is 1. The van der Waals surface area contributed by atoms with Crippen LogP contribution < -0.4 is 4.90 Å². The van der Waals surface area contributed by atoms with Crippen molar-refractivity contribution < 1.29 is 9.21 Å². The fourth-order valence-corrected chi connectivity index (χ4v) is 3.85. The molecule has 0 saturated carbocycles. The molecule has 142 valence electrons. The number of nitrogens with zero attached hydrogens (tertiary/aromatic N) is 3. The standard InChI is InChI=1S/C21H20N4O2S/c1-3-25(15-9-5-4-6-10-15)20(26)14(2)28-21-24-23-19(27-21)17-13-22-18-12-8-7-11-16(17)18/h4-14,22H,3H2,1-2H3. The van der Waals surface area contributed by atoms with E-state index < -0.39 is 0 Å². The van der Waals surface area contributed by atoms with Crippen molar-refractivity contribution in [3.63, 3.8) is 0 Å². The average Bonchev–Trinajstić information content (AvgIpc) is 3.36. The molecule has 1 amide bonds. The lowest BCUT2D eigenvalue weighted by molar-refractivity contribution is -0.117. The summed E-state index contributed by atoms with van der Waals surface area (Å²) < 4.78 is 5.83. The highest BCUT2D eigenvalue weighted by Gasteiger charge is 2.24. The number of aromatic amines is 1. The number of nitrogens with one attached hydrogen (secondary N) is 1. The van der Waals surface area contributed by atoms with E-state index in [0.29, 0.717) is 17.7 Å². The van der Waals surface area contributed by atoms with Crippen molar-refractivity contribution in [1.82, 2.24) is 15.2 Å². The van der Waals surface area contributed by atoms with Crippen LogP contribution in [0.2, 0.25) is 0 Å². The van der Waals surface area contributed by atoms with Crippen molar-refractivity contribution >= 4 is 34.3 Å². The Morgan fingerprint density at radius 3 is 2.68 bits per heavy atom. The van der Waals surface area contributed by atoms with Gasteiger partial charge in [0.05, 0.1) is 10.8 Å². The van der Waals surface area contributed by atoms with Crippen LogP contribution in [-0.4, -0.2) is 32.9 Å². The van der Waals surface area contributed by atoms with Crippen molar-refractivity contribution in [3.8, 4) is 11.5 Å². The number of thioether (sulfide) groups is 1. The summed E-state index contributed by atoms with van der Waals surface area (Å²) in [6.45, 7) is 4.41. The fourth-order valence-electron chi connectivity index (χ4n) is 3.11. The molecule has 1 unspecified atom stereocenters. The molecule has 0 bridgehead atoms. The van der Waals surface area contributed by atoms with E-state index in [1.165, 1.54) is 11.8 Å². The van der Waals surface area contributed by atoms with Crippen LogP contribution in [0.1, 0.15) is 13.8 Å². The van der Waals surface area contributed by atoms with E-state index in [2.05, 4.69) is 15.2 Å². The Hall–Kier alpha value is -3.06. The first-order chi connectivity index (χ1) is 13.7. The first-order valence-electron chi connectivity index (χ1n) is 9.10. The largest absolute Gasteiger partial charge is 0.411 e. The SMILES string of the molecule is CCN(C(=O)C(C)Sc1nnc(-c2c[nH]c3ccccc23)o1)c1ccccc1. The zero-order chi connectivity index (χ0) is 19.5. The van der Waals surface area contributed by atoms with Gasteiger partial charge in [-0.2, -0.15) is 0 Å². The molecule has 4 aromatic rings. The first kappa shape index (κ1) is 18.3. The molecule has 2 heterocycles. The van der Waals surface area contributed by atoms with Crippen molar-refractivity contribution in [2.45, 2.75) is 24.3 Å². The van der Waals surface area contributed by atoms with Gasteiger partial charge in [-0.15, -0.1) is 10.2 Å². The number of hydrogen-bond donors (Lipinski definition) is 1. The number of para-hydroxylation sites is 2. The van der Waals surface area contributed by atoms with E-state index >= 15 is 0 Å². The van der Waals surface area contributed by atoms with Crippen LogP contribution in [0.4, 0.5) is 5.69 Å². The summed E-state index contributed by atoms with van der Waals surface area (Å²) in [6, 6.07) is 17.6. The Bertz CT molecular complexity index is 1090. The molecule has 6 nitrogen and oxygen atoms in total. The number of fused-ring (bicyclic) bond motifs is 1. The Balaban J connectivity index is 1.51. The van der Waals surface area contributed by atoms with Crippen LogP contribution in [0.25, 0.3) is 22.4 Å². The highest BCUT2D eigenvalue weighted by molar-refractivity contribution is 8.00. The van der Waals surface area contributed by atoms with E-state index in [0.717, 1.165) is 22.2 Å². The molecule has 2 aromatic carbocycles. The Labute approximate surface area is 167 Å². The van der Waals surface area contributed by atoms with Crippen LogP contribution in [0.3, 0.4) is 0 Å². The lowest BCUT2D eigenvalue weighted by atomic mass is 10.2. The number of hydrogen-bond acceptors (Lipinski definition) is 5. The molecule has 28 heavy (non-hydrogen) atoms. The van der Waals surface area contributed by atoms with Gasteiger partial charge in [0.1, 0.15) is 0 Å². The Kier molecular flexibility index (Phi) is 5.16. The molecule has 1 N–H and O–H groups in total. The topological polar surface area (TPSA) is 75.0 Å². The third-order valence-corrected chi connectivity index (χ3v) is 5.42. The van der Waals surface area contributed by atoms with Crippen molar-refractivity contribution in [2.24, 2.45) is 0 Å². The number of amides is 1. The highest BCUT2D eigenvalue weighted by Crippen LogP contribution is 2.31. The van der Waals surface area contributed by atoms with Gasteiger partial charge < -0.3 is 14.3 Å². The zero-order valence-electron chi connectivity index (χ0n) is 15.6. The predicted molar refractivity (Wildman–Crippen MR) is 111 cm³/mol. The van der Waals surface area contributed by atoms with Crippen molar-refractivity contribution in [1.29, 1.82) is 0 Å². The quantitative estimate of drug-likeness (QED) is 0.479. The second kappa shape index (κ2) is 7.90. The fraction of sp³-hybridized carbons (Fsp3) is 0.190. The van der Waals surface area contributed by atoms with Crippen LogP contribution in [0.15, 0.2) is 70.4 Å². The number of rotatable bonds is 6. The number of aromatic nitrogens is 3. The molecule has 0 radical (unpaired) electrons. The minimum absolute atomic E-state index is 0.00513. The van der Waals surface area contributed by atoms with Crippen molar-refractivity contribution in [3.05, 3.63) is 60.8 Å². The maximum absolute atomic E-state index is 12.9. The average molecular weight is 392 g/mol. The maximum Gasteiger partial charge on any atom is 0.277 e. The van der Waals surface area contributed by atoms with Gasteiger partial charge in [0.25, 0.3) is 11.1 Å². The molecule has 0 spiro atoms. The minimum Gasteiger partial charge on any atom is -0.411 e. The van der Waals surface area contributed by atoms with Gasteiger partial charge in [-0.1, -0.05) is 48.2 Å². The molecule has 0 fully saturated rings. The maximum atomic E-state index is 12.9. The minimum atomic E-state index is -0.351. The number of H-pyrrole nitrogens is 1. The second-order valence-electron chi connectivity index (χ2n) is 6.30. The van der Waals surface area contributed by atoms with Gasteiger partial charge in [0.2, 0.25) is 5.91 Å². The van der Waals surface area contributed by atoms with Gasteiger partial charge in [0, 0.05) is 29.3 Å². The zero-order valence-corrected chi connectivity index (χ0v) is 16.4. The summed E-state index contributed by atoms with van der Waals surface area (Å²) in [5, 5.41) is 9.33. The highest BCUT2D eigenvalue weighted by atomic mass is 32.2. The van der Waals surface area contributed by atoms with E-state index in [9.17, 15) is 4.79 Å². The van der Waals surface area contributed by atoms with Crippen molar-refractivity contribution in [2.75, 3.05) is 11.4 Å². The van der Waals surface area contributed by atoms with Gasteiger partial charge in [-0.05, 0) is 32.0 Å². The number of benzene rings is 2. The van der Waals surface area contributed by atoms with E-state index in [4.69, 9.17) is 4.42 Å². The molecule has 0 aliphatic rings. The monoisotopic (exact) mass is 392 g/mol. The van der Waals surface area contributed by atoms with Gasteiger partial charge in [-0.3, -0.25) is 4.79 Å². The van der Waals surface area contributed by atoms with Crippen LogP contribution in [0.5, 0.6) is 0 Å². The second-order valence-corrected chi connectivity index (χ2v) is 7.59. The molecule has 0 aliphatic carbocycles. The summed E-state index contributed by atoms with van der Waals surface area (Å²) >= 11 is 1.27. The summed E-state index contributed by atoms with van der Waals surface area (Å²) in [4.78, 5) is 17.9. The smallest absolute Gasteiger partial charge is 0.277 e. The molecule has 0 aliphatic heterocycles. The number of carbonyl (C=O) groups excluding carboxylic acids is 1. The van der Waals surface area contributed by atoms with Crippen LogP contribution in [-0.2, 0) is 4.79 Å². The third kappa shape index (κ3) is 3.53. The molecule has 0 saturated heterocycles. The van der Waals surface area contributed by atoms with Crippen LogP contribution >= 0.6 is 11.8 Å². The van der Waals surface area contributed by atoms with Gasteiger partial charge in [-0.25, -0.2) is 0 Å². The summed E-state index contributed by atoms with van der Waals surface area (Å²) in [5.74, 6) is 0.445. The lowest BCUT2D eigenvalue weighted by Crippen LogP contribution is -2.36. The predicted octanol–water partition coefficient (Wildman–Crippen LogP) is 4.75. The first-order valence-corrected chi connectivity index (χ1v) is 9.98. The molecular weight excluding hydrogens is 372 g/mol. The third-order valence-electron chi connectivity index (χ3n) is 4.50. The lowest BCUT2D eigenvalue weighted by Gasteiger charge is -2.23. The van der Waals surface area contributed by atoms with Gasteiger partial charge in [0.15, 0.2) is 0 Å². The molecule has 2 aromatic heterocycles.